The number of ether oxygens (including phenoxy) is 1. The van der Waals surface area contributed by atoms with Gasteiger partial charge in [0, 0.05) is 12.1 Å². The third-order valence-corrected chi connectivity index (χ3v) is 4.52. The smallest absolute Gasteiger partial charge is 0.119 e. The minimum Gasteiger partial charge on any atom is -0.497 e. The Balaban J connectivity index is 2.30. The van der Waals surface area contributed by atoms with Crippen LogP contribution in [-0.4, -0.2) is 30.6 Å². The van der Waals surface area contributed by atoms with Gasteiger partial charge in [0.05, 0.1) is 13.2 Å². The molecule has 0 saturated carbocycles. The van der Waals surface area contributed by atoms with Crippen molar-refractivity contribution in [2.24, 2.45) is 5.73 Å². The Labute approximate surface area is 123 Å². The van der Waals surface area contributed by atoms with Crippen LogP contribution in [0.4, 0.5) is 0 Å². The minimum absolute atomic E-state index is 0.169. The van der Waals surface area contributed by atoms with Gasteiger partial charge < -0.3 is 10.5 Å². The predicted molar refractivity (Wildman–Crippen MR) is 84.0 cm³/mol. The molecule has 20 heavy (non-hydrogen) atoms. The number of benzene rings is 1. The molecule has 1 aromatic carbocycles. The van der Waals surface area contributed by atoms with Gasteiger partial charge in [0.1, 0.15) is 5.75 Å². The first-order chi connectivity index (χ1) is 9.67. The Kier molecular flexibility index (Phi) is 5.44. The molecule has 112 valence electrons. The lowest BCUT2D eigenvalue weighted by molar-refractivity contribution is 0.0879. The number of hydrogen-bond acceptors (Lipinski definition) is 3. The summed E-state index contributed by atoms with van der Waals surface area (Å²) in [6.45, 7) is 5.65. The largest absolute Gasteiger partial charge is 0.497 e. The molecule has 0 bridgehead atoms. The lowest BCUT2D eigenvalue weighted by Crippen LogP contribution is -2.47. The van der Waals surface area contributed by atoms with Gasteiger partial charge in [-0.25, -0.2) is 0 Å². The van der Waals surface area contributed by atoms with Gasteiger partial charge in [-0.1, -0.05) is 25.5 Å². The maximum Gasteiger partial charge on any atom is 0.119 e. The summed E-state index contributed by atoms with van der Waals surface area (Å²) in [6, 6.07) is 9.46. The predicted octanol–water partition coefficient (Wildman–Crippen LogP) is 3.35. The Morgan fingerprint density at radius 1 is 1.40 bits per heavy atom. The summed E-state index contributed by atoms with van der Waals surface area (Å²) in [5.74, 6) is 0.917. The lowest BCUT2D eigenvalue weighted by Gasteiger charge is -2.42. The number of methoxy groups -OCH3 is 1. The first kappa shape index (κ1) is 15.3. The van der Waals surface area contributed by atoms with Crippen LogP contribution in [0.25, 0.3) is 0 Å². The number of nitrogens with zero attached hydrogens (tertiary/aromatic N) is 1. The van der Waals surface area contributed by atoms with E-state index in [-0.39, 0.29) is 6.04 Å². The molecule has 0 radical (unpaired) electrons. The molecular formula is C17H28N2O. The van der Waals surface area contributed by atoms with E-state index in [4.69, 9.17) is 10.5 Å². The summed E-state index contributed by atoms with van der Waals surface area (Å²) in [7, 11) is 1.72. The highest BCUT2D eigenvalue weighted by Crippen LogP contribution is 2.32. The van der Waals surface area contributed by atoms with Crippen LogP contribution >= 0.6 is 0 Å². The van der Waals surface area contributed by atoms with Crippen molar-refractivity contribution in [3.63, 3.8) is 0 Å². The summed E-state index contributed by atoms with van der Waals surface area (Å²) in [5.41, 5.74) is 7.74. The van der Waals surface area contributed by atoms with Crippen molar-refractivity contribution in [2.45, 2.75) is 57.7 Å². The number of likely N-dealkylation sites (tertiary alicyclic amines) is 1. The highest BCUT2D eigenvalue weighted by Gasteiger charge is 2.30. The zero-order valence-electron chi connectivity index (χ0n) is 13.0. The second kappa shape index (κ2) is 7.09. The van der Waals surface area contributed by atoms with E-state index < -0.39 is 0 Å². The fraction of sp³-hybridized carbons (Fsp3) is 0.647. The van der Waals surface area contributed by atoms with E-state index in [9.17, 15) is 0 Å². The topological polar surface area (TPSA) is 38.5 Å². The van der Waals surface area contributed by atoms with Gasteiger partial charge in [0.15, 0.2) is 0 Å². The fourth-order valence-electron chi connectivity index (χ4n) is 3.27. The van der Waals surface area contributed by atoms with Crippen molar-refractivity contribution in [1.29, 1.82) is 0 Å². The Hall–Kier alpha value is -1.06. The molecule has 1 heterocycles. The van der Waals surface area contributed by atoms with Crippen molar-refractivity contribution in [3.8, 4) is 5.75 Å². The van der Waals surface area contributed by atoms with Crippen LogP contribution in [0, 0.1) is 0 Å². The van der Waals surface area contributed by atoms with Crippen molar-refractivity contribution in [1.82, 2.24) is 4.90 Å². The molecule has 0 amide bonds. The molecule has 0 aliphatic carbocycles. The van der Waals surface area contributed by atoms with Crippen molar-refractivity contribution in [2.75, 3.05) is 13.7 Å². The molecule has 0 aromatic heterocycles. The van der Waals surface area contributed by atoms with Crippen LogP contribution in [0.1, 0.15) is 51.1 Å². The monoisotopic (exact) mass is 276 g/mol. The number of piperidine rings is 1. The molecule has 3 unspecified atom stereocenters. The number of rotatable bonds is 5. The Morgan fingerprint density at radius 2 is 2.20 bits per heavy atom. The summed E-state index contributed by atoms with van der Waals surface area (Å²) in [5, 5.41) is 0. The fourth-order valence-corrected chi connectivity index (χ4v) is 3.27. The van der Waals surface area contributed by atoms with E-state index in [1.165, 1.54) is 24.8 Å². The molecule has 2 N–H and O–H groups in total. The molecule has 3 heteroatoms. The molecule has 1 saturated heterocycles. The van der Waals surface area contributed by atoms with E-state index in [1.54, 1.807) is 7.11 Å². The van der Waals surface area contributed by atoms with Gasteiger partial charge >= 0.3 is 0 Å². The first-order valence-corrected chi connectivity index (χ1v) is 7.82. The molecule has 1 aliphatic rings. The molecule has 2 rings (SSSR count). The standard InChI is InChI=1S/C17H28N2O/c1-4-16(18)17(19-11-6-5-8-13(19)2)14-9-7-10-15(12-14)20-3/h7,9-10,12-13,16-17H,4-6,8,11,18H2,1-3H3. The number of hydrogen-bond donors (Lipinski definition) is 1. The summed E-state index contributed by atoms with van der Waals surface area (Å²) >= 11 is 0. The van der Waals surface area contributed by atoms with E-state index in [1.807, 2.05) is 6.07 Å². The van der Waals surface area contributed by atoms with Gasteiger partial charge in [-0.05, 0) is 50.4 Å². The molecular weight excluding hydrogens is 248 g/mol. The highest BCUT2D eigenvalue weighted by atomic mass is 16.5. The molecule has 3 nitrogen and oxygen atoms in total. The van der Waals surface area contributed by atoms with Gasteiger partial charge in [0.25, 0.3) is 0 Å². The summed E-state index contributed by atoms with van der Waals surface area (Å²) in [6.07, 6.45) is 4.88. The summed E-state index contributed by atoms with van der Waals surface area (Å²) in [4.78, 5) is 2.59. The maximum absolute atomic E-state index is 6.45. The van der Waals surface area contributed by atoms with Crippen LogP contribution in [-0.2, 0) is 0 Å². The van der Waals surface area contributed by atoms with Crippen LogP contribution in [0.5, 0.6) is 5.75 Å². The van der Waals surface area contributed by atoms with Gasteiger partial charge in [-0.15, -0.1) is 0 Å². The van der Waals surface area contributed by atoms with Gasteiger partial charge in [-0.2, -0.15) is 0 Å². The minimum atomic E-state index is 0.169. The molecule has 3 atom stereocenters. The van der Waals surface area contributed by atoms with Crippen LogP contribution < -0.4 is 10.5 Å². The zero-order valence-corrected chi connectivity index (χ0v) is 13.0. The first-order valence-electron chi connectivity index (χ1n) is 7.82. The van der Waals surface area contributed by atoms with E-state index in [2.05, 4.69) is 36.9 Å². The van der Waals surface area contributed by atoms with Gasteiger partial charge in [-0.3, -0.25) is 4.90 Å². The van der Waals surface area contributed by atoms with Gasteiger partial charge in [0.2, 0.25) is 0 Å². The Morgan fingerprint density at radius 3 is 2.85 bits per heavy atom. The lowest BCUT2D eigenvalue weighted by atomic mass is 9.91. The van der Waals surface area contributed by atoms with E-state index in [0.717, 1.165) is 18.7 Å². The zero-order chi connectivity index (χ0) is 14.5. The van der Waals surface area contributed by atoms with E-state index >= 15 is 0 Å². The third-order valence-electron chi connectivity index (χ3n) is 4.52. The van der Waals surface area contributed by atoms with Crippen LogP contribution in [0.15, 0.2) is 24.3 Å². The summed E-state index contributed by atoms with van der Waals surface area (Å²) < 4.78 is 5.37. The molecule has 0 spiro atoms. The quantitative estimate of drug-likeness (QED) is 0.896. The van der Waals surface area contributed by atoms with Crippen LogP contribution in [0.3, 0.4) is 0 Å². The third kappa shape index (κ3) is 3.33. The second-order valence-corrected chi connectivity index (χ2v) is 5.88. The molecule has 1 fully saturated rings. The molecule has 1 aliphatic heterocycles. The van der Waals surface area contributed by atoms with Crippen molar-refractivity contribution < 1.29 is 4.74 Å². The Bertz CT molecular complexity index is 421. The van der Waals surface area contributed by atoms with Crippen molar-refractivity contribution in [3.05, 3.63) is 29.8 Å². The normalized spacial score (nSPS) is 23.3. The average Bonchev–Trinajstić information content (AvgIpc) is 2.49. The highest BCUT2D eigenvalue weighted by molar-refractivity contribution is 5.31. The van der Waals surface area contributed by atoms with E-state index in [0.29, 0.717) is 12.1 Å². The molecule has 1 aromatic rings. The SMILES string of the molecule is CCC(N)C(c1cccc(OC)c1)N1CCCCC1C. The second-order valence-electron chi connectivity index (χ2n) is 5.88. The maximum atomic E-state index is 6.45. The average molecular weight is 276 g/mol. The number of nitrogens with two attached hydrogens (primary N) is 1. The van der Waals surface area contributed by atoms with Crippen molar-refractivity contribution >= 4 is 0 Å². The van der Waals surface area contributed by atoms with Crippen LogP contribution in [0.2, 0.25) is 0 Å².